The molecular weight excluding hydrogens is 366 g/mol. The monoisotopic (exact) mass is 384 g/mol. The van der Waals surface area contributed by atoms with Crippen LogP contribution in [0.3, 0.4) is 0 Å². The van der Waals surface area contributed by atoms with Gasteiger partial charge in [0.15, 0.2) is 5.75 Å². The number of hydrogen-bond acceptors (Lipinski definition) is 4. The molecule has 140 valence electrons. The van der Waals surface area contributed by atoms with Gasteiger partial charge in [0.25, 0.3) is 0 Å². The van der Waals surface area contributed by atoms with Gasteiger partial charge in [-0.3, -0.25) is 4.79 Å². The van der Waals surface area contributed by atoms with E-state index in [4.69, 9.17) is 16.3 Å². The van der Waals surface area contributed by atoms with Crippen molar-refractivity contribution < 1.29 is 23.0 Å². The fourth-order valence-electron chi connectivity index (χ4n) is 2.28. The summed E-state index contributed by atoms with van der Waals surface area (Å²) >= 11 is 6.02. The molecule has 0 unspecified atom stereocenters. The summed E-state index contributed by atoms with van der Waals surface area (Å²) in [4.78, 5) is 11.9. The van der Waals surface area contributed by atoms with Gasteiger partial charge in [-0.2, -0.15) is 8.78 Å². The SMILES string of the molecule is COc1c(Cl)cccc1NCC(=O)NCCc1ccc(OC(F)F)cc1. The summed E-state index contributed by atoms with van der Waals surface area (Å²) in [5.74, 6) is 0.394. The molecule has 0 saturated carbocycles. The zero-order valence-corrected chi connectivity index (χ0v) is 14.9. The summed E-state index contributed by atoms with van der Waals surface area (Å²) in [6.07, 6.45) is 0.571. The van der Waals surface area contributed by atoms with Gasteiger partial charge in [0.1, 0.15) is 5.75 Å². The summed E-state index contributed by atoms with van der Waals surface area (Å²) in [5, 5.41) is 6.20. The van der Waals surface area contributed by atoms with Crippen LogP contribution in [0.5, 0.6) is 11.5 Å². The molecule has 5 nitrogen and oxygen atoms in total. The molecule has 0 aliphatic heterocycles. The van der Waals surface area contributed by atoms with Crippen LogP contribution in [0.4, 0.5) is 14.5 Å². The third-order valence-corrected chi connectivity index (χ3v) is 3.79. The largest absolute Gasteiger partial charge is 0.493 e. The molecule has 2 rings (SSSR count). The van der Waals surface area contributed by atoms with E-state index in [-0.39, 0.29) is 18.2 Å². The molecule has 8 heteroatoms. The zero-order valence-electron chi connectivity index (χ0n) is 14.1. The van der Waals surface area contributed by atoms with Crippen LogP contribution in [0.1, 0.15) is 5.56 Å². The first-order chi connectivity index (χ1) is 12.5. The molecule has 0 spiro atoms. The lowest BCUT2D eigenvalue weighted by Gasteiger charge is -2.12. The number of rotatable bonds is 9. The lowest BCUT2D eigenvalue weighted by molar-refractivity contribution is -0.119. The van der Waals surface area contributed by atoms with E-state index in [1.807, 2.05) is 0 Å². The second-order valence-corrected chi connectivity index (χ2v) is 5.70. The second-order valence-electron chi connectivity index (χ2n) is 5.30. The maximum atomic E-state index is 12.1. The smallest absolute Gasteiger partial charge is 0.387 e. The van der Waals surface area contributed by atoms with Crippen molar-refractivity contribution in [3.63, 3.8) is 0 Å². The van der Waals surface area contributed by atoms with Gasteiger partial charge < -0.3 is 20.1 Å². The van der Waals surface area contributed by atoms with Gasteiger partial charge in [0, 0.05) is 6.54 Å². The molecule has 0 atom stereocenters. The fourth-order valence-corrected chi connectivity index (χ4v) is 2.53. The molecule has 0 aliphatic rings. The molecule has 1 amide bonds. The molecule has 0 aliphatic carbocycles. The van der Waals surface area contributed by atoms with E-state index >= 15 is 0 Å². The van der Waals surface area contributed by atoms with E-state index in [0.717, 1.165) is 5.56 Å². The Bertz CT molecular complexity index is 727. The highest BCUT2D eigenvalue weighted by Crippen LogP contribution is 2.32. The van der Waals surface area contributed by atoms with Crippen LogP contribution in [-0.2, 0) is 11.2 Å². The Kier molecular flexibility index (Phi) is 7.47. The highest BCUT2D eigenvalue weighted by Gasteiger charge is 2.09. The molecule has 2 N–H and O–H groups in total. The van der Waals surface area contributed by atoms with Gasteiger partial charge in [-0.1, -0.05) is 29.8 Å². The minimum atomic E-state index is -2.84. The average molecular weight is 385 g/mol. The summed E-state index contributed by atoms with van der Waals surface area (Å²) in [5.41, 5.74) is 1.53. The number of carbonyl (C=O) groups is 1. The molecular formula is C18H19ClF2N2O3. The number of ether oxygens (including phenoxy) is 2. The Morgan fingerprint density at radius 3 is 2.58 bits per heavy atom. The fraction of sp³-hybridized carbons (Fsp3) is 0.278. The third kappa shape index (κ3) is 6.07. The van der Waals surface area contributed by atoms with Crippen LogP contribution in [0, 0.1) is 0 Å². The molecule has 0 aromatic heterocycles. The Labute approximate surface area is 155 Å². The van der Waals surface area contributed by atoms with Crippen LogP contribution >= 0.6 is 11.6 Å². The van der Waals surface area contributed by atoms with Gasteiger partial charge in [0.2, 0.25) is 5.91 Å². The van der Waals surface area contributed by atoms with E-state index in [1.165, 1.54) is 19.2 Å². The van der Waals surface area contributed by atoms with Gasteiger partial charge >= 0.3 is 6.61 Å². The predicted octanol–water partition coefficient (Wildman–Crippen LogP) is 3.72. The number of benzene rings is 2. The summed E-state index contributed by atoms with van der Waals surface area (Å²) in [7, 11) is 1.50. The number of anilines is 1. The lowest BCUT2D eigenvalue weighted by atomic mass is 10.1. The Morgan fingerprint density at radius 1 is 1.19 bits per heavy atom. The van der Waals surface area contributed by atoms with E-state index in [2.05, 4.69) is 15.4 Å². The molecule has 0 bridgehead atoms. The van der Waals surface area contributed by atoms with E-state index in [0.29, 0.717) is 29.4 Å². The highest BCUT2D eigenvalue weighted by molar-refractivity contribution is 6.32. The van der Waals surface area contributed by atoms with Crippen LogP contribution in [0.25, 0.3) is 0 Å². The van der Waals surface area contributed by atoms with Crippen molar-refractivity contribution in [2.45, 2.75) is 13.0 Å². The molecule has 2 aromatic rings. The maximum Gasteiger partial charge on any atom is 0.387 e. The molecule has 0 fully saturated rings. The van der Waals surface area contributed by atoms with Crippen LogP contribution in [0.15, 0.2) is 42.5 Å². The average Bonchev–Trinajstić information content (AvgIpc) is 2.61. The number of carbonyl (C=O) groups excluding carboxylic acids is 1. The first-order valence-corrected chi connectivity index (χ1v) is 8.24. The van der Waals surface area contributed by atoms with Crippen LogP contribution in [-0.4, -0.2) is 32.7 Å². The van der Waals surface area contributed by atoms with E-state index < -0.39 is 6.61 Å². The first kappa shape index (κ1) is 19.8. The molecule has 0 radical (unpaired) electrons. The summed E-state index contributed by atoms with van der Waals surface area (Å²) in [6, 6.07) is 11.5. The number of hydrogen-bond donors (Lipinski definition) is 2. The summed E-state index contributed by atoms with van der Waals surface area (Å²) in [6.45, 7) is -2.36. The number of alkyl halides is 2. The normalized spacial score (nSPS) is 10.5. The minimum Gasteiger partial charge on any atom is -0.493 e. The molecule has 26 heavy (non-hydrogen) atoms. The van der Waals surface area contributed by atoms with Crippen molar-refractivity contribution in [2.24, 2.45) is 0 Å². The molecule has 0 saturated heterocycles. The standard InChI is InChI=1S/C18H19ClF2N2O3/c1-25-17-14(19)3-2-4-15(17)23-11-16(24)22-10-9-12-5-7-13(8-6-12)26-18(20)21/h2-8,18,23H,9-11H2,1H3,(H,22,24). The lowest BCUT2D eigenvalue weighted by Crippen LogP contribution is -2.31. The minimum absolute atomic E-state index is 0.0673. The van der Waals surface area contributed by atoms with Crippen LogP contribution < -0.4 is 20.1 Å². The van der Waals surface area contributed by atoms with Crippen molar-refractivity contribution in [1.82, 2.24) is 5.32 Å². The second kappa shape index (κ2) is 9.82. The van der Waals surface area contributed by atoms with Crippen molar-refractivity contribution in [3.8, 4) is 11.5 Å². The topological polar surface area (TPSA) is 59.6 Å². The Hall–Kier alpha value is -2.54. The molecule has 2 aromatic carbocycles. The van der Waals surface area contributed by atoms with Crippen molar-refractivity contribution in [1.29, 1.82) is 0 Å². The Balaban J connectivity index is 1.75. The highest BCUT2D eigenvalue weighted by atomic mass is 35.5. The maximum absolute atomic E-state index is 12.1. The predicted molar refractivity (Wildman–Crippen MR) is 96.3 cm³/mol. The summed E-state index contributed by atoms with van der Waals surface area (Å²) < 4.78 is 33.7. The van der Waals surface area contributed by atoms with Crippen molar-refractivity contribution >= 4 is 23.2 Å². The zero-order chi connectivity index (χ0) is 18.9. The third-order valence-electron chi connectivity index (χ3n) is 3.49. The van der Waals surface area contributed by atoms with Gasteiger partial charge in [-0.05, 0) is 36.2 Å². The van der Waals surface area contributed by atoms with Crippen molar-refractivity contribution in [2.75, 3.05) is 25.5 Å². The number of nitrogens with one attached hydrogen (secondary N) is 2. The van der Waals surface area contributed by atoms with E-state index in [9.17, 15) is 13.6 Å². The number of halogens is 3. The number of para-hydroxylation sites is 1. The van der Waals surface area contributed by atoms with Crippen LogP contribution in [0.2, 0.25) is 5.02 Å². The quantitative estimate of drug-likeness (QED) is 0.691. The first-order valence-electron chi connectivity index (χ1n) is 7.86. The number of methoxy groups -OCH3 is 1. The van der Waals surface area contributed by atoms with Gasteiger partial charge in [-0.25, -0.2) is 0 Å². The van der Waals surface area contributed by atoms with E-state index in [1.54, 1.807) is 30.3 Å². The Morgan fingerprint density at radius 2 is 1.92 bits per heavy atom. The number of amides is 1. The molecule has 0 heterocycles. The van der Waals surface area contributed by atoms with Gasteiger partial charge in [-0.15, -0.1) is 0 Å². The van der Waals surface area contributed by atoms with Gasteiger partial charge in [0.05, 0.1) is 24.4 Å². The van der Waals surface area contributed by atoms with Crippen molar-refractivity contribution in [3.05, 3.63) is 53.1 Å².